The van der Waals surface area contributed by atoms with Crippen LogP contribution >= 0.6 is 0 Å². The van der Waals surface area contributed by atoms with Crippen molar-refractivity contribution < 1.29 is 24.1 Å². The van der Waals surface area contributed by atoms with E-state index in [-0.39, 0.29) is 12.7 Å². The summed E-state index contributed by atoms with van der Waals surface area (Å²) in [5, 5.41) is 8.62. The van der Waals surface area contributed by atoms with Crippen molar-refractivity contribution in [3.8, 4) is 0 Å². The van der Waals surface area contributed by atoms with Crippen LogP contribution in [0.3, 0.4) is 0 Å². The number of carbonyl (C=O) groups is 1. The van der Waals surface area contributed by atoms with Gasteiger partial charge in [0.1, 0.15) is 19.3 Å². The summed E-state index contributed by atoms with van der Waals surface area (Å²) in [5.74, 6) is -0.627. The highest BCUT2D eigenvalue weighted by Gasteiger charge is 2.12. The van der Waals surface area contributed by atoms with Gasteiger partial charge in [-0.1, -0.05) is 39.5 Å². The number of aliphatic hydroxyl groups excluding tert-OH is 1. The number of rotatable bonds is 14. The fourth-order valence-corrected chi connectivity index (χ4v) is 1.65. The Kier molecular flexibility index (Phi) is 14.3. The molecule has 0 saturated carbocycles. The predicted octanol–water partition coefficient (Wildman–Crippen LogP) is 2.30. The highest BCUT2D eigenvalue weighted by atomic mass is 16.6. The first kappa shape index (κ1) is 19.4. The lowest BCUT2D eigenvalue weighted by Gasteiger charge is -2.18. The summed E-state index contributed by atoms with van der Waals surface area (Å²) in [6, 6.07) is 0. The third-order valence-electron chi connectivity index (χ3n) is 2.86. The molecule has 0 aliphatic heterocycles. The van der Waals surface area contributed by atoms with Crippen molar-refractivity contribution in [2.24, 2.45) is 0 Å². The Balaban J connectivity index is 3.81. The van der Waals surface area contributed by atoms with Gasteiger partial charge in [0.15, 0.2) is 0 Å². The van der Waals surface area contributed by atoms with E-state index in [4.69, 9.17) is 19.3 Å². The number of hydrogen-bond acceptors (Lipinski definition) is 5. The first-order valence-electron chi connectivity index (χ1n) is 7.70. The molecule has 0 aromatic heterocycles. The molecule has 0 aromatic rings. The Labute approximate surface area is 122 Å². The quantitative estimate of drug-likeness (QED) is 0.393. The molecular weight excluding hydrogens is 260 g/mol. The molecule has 5 nitrogen and oxygen atoms in total. The molecule has 1 N–H and O–H groups in total. The fourth-order valence-electron chi connectivity index (χ4n) is 1.65. The fraction of sp³-hybridized carbons (Fsp3) is 0.933. The van der Waals surface area contributed by atoms with E-state index < -0.39 is 12.6 Å². The zero-order chi connectivity index (χ0) is 15.1. The maximum atomic E-state index is 10.9. The van der Waals surface area contributed by atoms with E-state index in [0.717, 1.165) is 38.5 Å². The maximum Gasteiger partial charge on any atom is 0.331 e. The molecule has 0 aliphatic rings. The van der Waals surface area contributed by atoms with E-state index in [1.165, 1.54) is 0 Å². The van der Waals surface area contributed by atoms with Gasteiger partial charge in [0, 0.05) is 13.2 Å². The van der Waals surface area contributed by atoms with Gasteiger partial charge in [-0.05, 0) is 12.8 Å². The molecule has 1 atom stereocenters. The van der Waals surface area contributed by atoms with Crippen molar-refractivity contribution in [2.75, 3.05) is 33.0 Å². The van der Waals surface area contributed by atoms with Crippen molar-refractivity contribution >= 4 is 5.97 Å². The van der Waals surface area contributed by atoms with Gasteiger partial charge in [-0.15, -0.1) is 0 Å². The molecule has 20 heavy (non-hydrogen) atoms. The second kappa shape index (κ2) is 14.8. The minimum absolute atomic E-state index is 0.138. The molecular formula is C15H30O5. The van der Waals surface area contributed by atoms with Crippen LogP contribution < -0.4 is 0 Å². The lowest BCUT2D eigenvalue weighted by atomic mass is 10.2. The number of esters is 1. The van der Waals surface area contributed by atoms with Crippen LogP contribution in [0.2, 0.25) is 0 Å². The third-order valence-corrected chi connectivity index (χ3v) is 2.86. The van der Waals surface area contributed by atoms with Gasteiger partial charge in [0.2, 0.25) is 0 Å². The van der Waals surface area contributed by atoms with Crippen LogP contribution in [0.4, 0.5) is 0 Å². The van der Waals surface area contributed by atoms with Crippen LogP contribution in [0, 0.1) is 0 Å². The molecule has 0 heterocycles. The summed E-state index contributed by atoms with van der Waals surface area (Å²) < 4.78 is 16.1. The normalized spacial score (nSPS) is 12.3. The average Bonchev–Trinajstić information content (AvgIpc) is 2.47. The molecule has 0 bridgehead atoms. The van der Waals surface area contributed by atoms with Gasteiger partial charge in [-0.25, -0.2) is 4.79 Å². The minimum Gasteiger partial charge on any atom is -0.461 e. The largest absolute Gasteiger partial charge is 0.461 e. The van der Waals surface area contributed by atoms with Crippen LogP contribution in [0.15, 0.2) is 0 Å². The molecule has 5 heteroatoms. The van der Waals surface area contributed by atoms with E-state index in [1.54, 1.807) is 0 Å². The molecule has 120 valence electrons. The monoisotopic (exact) mass is 290 g/mol. The van der Waals surface area contributed by atoms with Gasteiger partial charge in [-0.2, -0.15) is 0 Å². The summed E-state index contributed by atoms with van der Waals surface area (Å²) in [4.78, 5) is 10.9. The zero-order valence-corrected chi connectivity index (χ0v) is 12.9. The van der Waals surface area contributed by atoms with Gasteiger partial charge in [0.25, 0.3) is 0 Å². The Bertz CT molecular complexity index is 220. The van der Waals surface area contributed by atoms with Crippen LogP contribution in [0.5, 0.6) is 0 Å². The Morgan fingerprint density at radius 1 is 1.00 bits per heavy atom. The third kappa shape index (κ3) is 12.4. The minimum atomic E-state index is -0.627. The van der Waals surface area contributed by atoms with Crippen molar-refractivity contribution in [3.63, 3.8) is 0 Å². The summed E-state index contributed by atoms with van der Waals surface area (Å²) in [6.07, 6.45) is 6.37. The molecule has 0 amide bonds. The number of ether oxygens (including phenoxy) is 3. The van der Waals surface area contributed by atoms with Gasteiger partial charge >= 0.3 is 5.97 Å². The number of aliphatic hydroxyl groups is 1. The van der Waals surface area contributed by atoms with Crippen LogP contribution in [0.25, 0.3) is 0 Å². The summed E-state index contributed by atoms with van der Waals surface area (Å²) in [6.45, 7) is 5.60. The maximum absolute atomic E-state index is 10.9. The van der Waals surface area contributed by atoms with E-state index in [0.29, 0.717) is 19.8 Å². The van der Waals surface area contributed by atoms with Crippen molar-refractivity contribution in [1.29, 1.82) is 0 Å². The highest BCUT2D eigenvalue weighted by molar-refractivity contribution is 5.70. The Morgan fingerprint density at radius 3 is 2.25 bits per heavy atom. The molecule has 0 aliphatic carbocycles. The smallest absolute Gasteiger partial charge is 0.331 e. The molecule has 0 rings (SSSR count). The summed E-state index contributed by atoms with van der Waals surface area (Å²) >= 11 is 0. The first-order valence-corrected chi connectivity index (χ1v) is 7.70. The Morgan fingerprint density at radius 2 is 1.65 bits per heavy atom. The van der Waals surface area contributed by atoms with E-state index in [9.17, 15) is 4.79 Å². The molecule has 1 unspecified atom stereocenters. The molecule has 0 spiro atoms. The summed E-state index contributed by atoms with van der Waals surface area (Å²) in [7, 11) is 0. The van der Waals surface area contributed by atoms with Crippen LogP contribution in [0.1, 0.15) is 52.4 Å². The van der Waals surface area contributed by atoms with Gasteiger partial charge in [-0.3, -0.25) is 0 Å². The molecule has 0 saturated heterocycles. The number of hydrogen-bond donors (Lipinski definition) is 1. The van der Waals surface area contributed by atoms with Gasteiger partial charge < -0.3 is 19.3 Å². The van der Waals surface area contributed by atoms with E-state index in [1.807, 2.05) is 0 Å². The number of carbonyl (C=O) groups excluding carboxylic acids is 1. The predicted molar refractivity (Wildman–Crippen MR) is 77.7 cm³/mol. The van der Waals surface area contributed by atoms with Crippen LogP contribution in [-0.2, 0) is 19.0 Å². The second-order valence-corrected chi connectivity index (χ2v) is 4.82. The summed E-state index contributed by atoms with van der Waals surface area (Å²) in [5.41, 5.74) is 0. The SMILES string of the molecule is CCCCCOCC(COC(=O)CO)OCCCCC. The Hall–Kier alpha value is -0.650. The topological polar surface area (TPSA) is 65.0 Å². The standard InChI is InChI=1S/C15H30O5/c1-3-5-7-9-18-12-14(13-20-15(17)11-16)19-10-8-6-4-2/h14,16H,3-13H2,1-2H3. The molecule has 0 fully saturated rings. The second-order valence-electron chi connectivity index (χ2n) is 4.82. The van der Waals surface area contributed by atoms with Crippen molar-refractivity contribution in [1.82, 2.24) is 0 Å². The zero-order valence-electron chi connectivity index (χ0n) is 12.9. The van der Waals surface area contributed by atoms with E-state index >= 15 is 0 Å². The molecule has 0 aromatic carbocycles. The highest BCUT2D eigenvalue weighted by Crippen LogP contribution is 2.02. The lowest BCUT2D eigenvalue weighted by Crippen LogP contribution is -2.28. The van der Waals surface area contributed by atoms with Crippen LogP contribution in [-0.4, -0.2) is 50.2 Å². The van der Waals surface area contributed by atoms with Gasteiger partial charge in [0.05, 0.1) is 6.61 Å². The van der Waals surface area contributed by atoms with E-state index in [2.05, 4.69) is 13.8 Å². The van der Waals surface area contributed by atoms with Crippen molar-refractivity contribution in [3.05, 3.63) is 0 Å². The molecule has 0 radical (unpaired) electrons. The number of unbranched alkanes of at least 4 members (excludes halogenated alkanes) is 4. The average molecular weight is 290 g/mol. The lowest BCUT2D eigenvalue weighted by molar-refractivity contribution is -0.153. The van der Waals surface area contributed by atoms with Crippen molar-refractivity contribution in [2.45, 2.75) is 58.5 Å². The first-order chi connectivity index (χ1) is 9.74.